The van der Waals surface area contributed by atoms with Gasteiger partial charge < -0.3 is 10.6 Å². The van der Waals surface area contributed by atoms with Crippen LogP contribution in [-0.2, 0) is 4.79 Å². The molecule has 2 aromatic carbocycles. The third-order valence-corrected chi connectivity index (χ3v) is 4.74. The molecule has 1 unspecified atom stereocenters. The van der Waals surface area contributed by atoms with Gasteiger partial charge in [0.1, 0.15) is 6.04 Å². The quantitative estimate of drug-likeness (QED) is 0.426. The Bertz CT molecular complexity index is 1100. The lowest BCUT2D eigenvalue weighted by atomic mass is 10.0. The Balaban J connectivity index is 1.70. The van der Waals surface area contributed by atoms with Gasteiger partial charge in [-0.25, -0.2) is 0 Å². The van der Waals surface area contributed by atoms with Crippen LogP contribution in [0.1, 0.15) is 24.2 Å². The topological polar surface area (TPSA) is 132 Å². The van der Waals surface area contributed by atoms with Crippen LogP contribution in [0.2, 0.25) is 5.02 Å². The molecule has 1 atom stereocenters. The molecule has 1 aromatic heterocycles. The summed E-state index contributed by atoms with van der Waals surface area (Å²) in [6, 6.07) is 9.56. The van der Waals surface area contributed by atoms with Crippen LogP contribution in [0.25, 0.3) is 5.69 Å². The van der Waals surface area contributed by atoms with Gasteiger partial charge in [-0.05, 0) is 36.2 Å². The highest BCUT2D eigenvalue weighted by atomic mass is 35.5. The van der Waals surface area contributed by atoms with Crippen LogP contribution in [0.3, 0.4) is 0 Å². The van der Waals surface area contributed by atoms with Gasteiger partial charge in [0.15, 0.2) is 0 Å². The van der Waals surface area contributed by atoms with Crippen LogP contribution >= 0.6 is 11.6 Å². The molecule has 0 spiro atoms. The van der Waals surface area contributed by atoms with E-state index in [2.05, 4.69) is 20.8 Å². The van der Waals surface area contributed by atoms with E-state index in [-0.39, 0.29) is 22.2 Å². The summed E-state index contributed by atoms with van der Waals surface area (Å²) < 4.78 is 0. The molecular weight excluding hydrogens is 424 g/mol. The number of aromatic nitrogens is 3. The van der Waals surface area contributed by atoms with E-state index < -0.39 is 22.8 Å². The third kappa shape index (κ3) is 5.23. The van der Waals surface area contributed by atoms with Crippen LogP contribution in [0, 0.1) is 16.0 Å². The van der Waals surface area contributed by atoms with Crippen molar-refractivity contribution in [3.63, 3.8) is 0 Å². The Morgan fingerprint density at radius 2 is 1.74 bits per heavy atom. The van der Waals surface area contributed by atoms with Gasteiger partial charge in [0.2, 0.25) is 5.91 Å². The molecule has 0 aliphatic heterocycles. The minimum Gasteiger partial charge on any atom is -0.340 e. The second-order valence-electron chi connectivity index (χ2n) is 6.97. The van der Waals surface area contributed by atoms with E-state index in [1.54, 1.807) is 50.5 Å². The highest BCUT2D eigenvalue weighted by Crippen LogP contribution is 2.23. The van der Waals surface area contributed by atoms with Gasteiger partial charge in [-0.3, -0.25) is 19.7 Å². The maximum Gasteiger partial charge on any atom is 0.270 e. The maximum atomic E-state index is 12.8. The Kier molecular flexibility index (Phi) is 6.61. The minimum atomic E-state index is -0.855. The predicted octanol–water partition coefficient (Wildman–Crippen LogP) is 3.22. The molecule has 0 radical (unpaired) electrons. The molecule has 0 aliphatic rings. The molecule has 0 saturated carbocycles. The molecule has 11 heteroatoms. The summed E-state index contributed by atoms with van der Waals surface area (Å²) in [5.74, 6) is -1.24. The summed E-state index contributed by atoms with van der Waals surface area (Å²) in [4.78, 5) is 37.1. The third-order valence-electron chi connectivity index (χ3n) is 4.43. The number of anilines is 1. The molecule has 2 amide bonds. The first-order valence-corrected chi connectivity index (χ1v) is 9.66. The molecular formula is C20H19ClN6O4. The first-order chi connectivity index (χ1) is 14.8. The first kappa shape index (κ1) is 21.9. The fraction of sp³-hybridized carbons (Fsp3) is 0.200. The van der Waals surface area contributed by atoms with E-state index in [4.69, 9.17) is 11.6 Å². The second-order valence-corrected chi connectivity index (χ2v) is 7.38. The number of non-ortho nitro benzene ring substituents is 1. The van der Waals surface area contributed by atoms with Gasteiger partial charge in [-0.1, -0.05) is 25.4 Å². The van der Waals surface area contributed by atoms with Gasteiger partial charge in [0.25, 0.3) is 11.6 Å². The predicted molar refractivity (Wildman–Crippen MR) is 114 cm³/mol. The number of halogens is 1. The van der Waals surface area contributed by atoms with Crippen LogP contribution in [0.5, 0.6) is 0 Å². The van der Waals surface area contributed by atoms with E-state index in [0.717, 1.165) is 11.8 Å². The summed E-state index contributed by atoms with van der Waals surface area (Å²) in [5.41, 5.74) is 1.08. The molecule has 160 valence electrons. The zero-order chi connectivity index (χ0) is 22.5. The second kappa shape index (κ2) is 9.35. The van der Waals surface area contributed by atoms with Gasteiger partial charge in [-0.2, -0.15) is 15.0 Å². The van der Waals surface area contributed by atoms with Crippen molar-refractivity contribution in [2.24, 2.45) is 5.92 Å². The maximum absolute atomic E-state index is 12.8. The van der Waals surface area contributed by atoms with Gasteiger partial charge in [0.05, 0.1) is 33.6 Å². The molecule has 3 aromatic rings. The van der Waals surface area contributed by atoms with Crippen molar-refractivity contribution in [1.82, 2.24) is 20.3 Å². The number of rotatable bonds is 7. The molecule has 2 N–H and O–H groups in total. The van der Waals surface area contributed by atoms with Gasteiger partial charge in [-0.15, -0.1) is 0 Å². The number of hydrogen-bond acceptors (Lipinski definition) is 6. The zero-order valence-electron chi connectivity index (χ0n) is 16.7. The highest BCUT2D eigenvalue weighted by molar-refractivity contribution is 6.34. The summed E-state index contributed by atoms with van der Waals surface area (Å²) in [6.45, 7) is 3.57. The van der Waals surface area contributed by atoms with E-state index in [1.807, 2.05) is 0 Å². The minimum absolute atomic E-state index is 0.0433. The number of hydrogen-bond donors (Lipinski definition) is 2. The Labute approximate surface area is 182 Å². The number of nitrogens with one attached hydrogen (secondary N) is 2. The number of amides is 2. The summed E-state index contributed by atoms with van der Waals surface area (Å²) in [6.07, 6.45) is 3.12. The Morgan fingerprint density at radius 3 is 2.29 bits per heavy atom. The molecule has 0 bridgehead atoms. The van der Waals surface area contributed by atoms with Crippen molar-refractivity contribution in [1.29, 1.82) is 0 Å². The van der Waals surface area contributed by atoms with E-state index in [1.165, 1.54) is 16.9 Å². The number of benzene rings is 2. The van der Waals surface area contributed by atoms with Crippen molar-refractivity contribution in [2.45, 2.75) is 19.9 Å². The van der Waals surface area contributed by atoms with Crippen LogP contribution in [0.15, 0.2) is 54.9 Å². The van der Waals surface area contributed by atoms with Gasteiger partial charge >= 0.3 is 0 Å². The average Bonchev–Trinajstić information content (AvgIpc) is 3.26. The van der Waals surface area contributed by atoms with E-state index in [9.17, 15) is 19.7 Å². The number of carbonyl (C=O) groups excluding carboxylic acids is 2. The van der Waals surface area contributed by atoms with Crippen molar-refractivity contribution in [3.8, 4) is 5.69 Å². The fourth-order valence-corrected chi connectivity index (χ4v) is 3.06. The molecule has 3 rings (SSSR count). The van der Waals surface area contributed by atoms with E-state index >= 15 is 0 Å². The highest BCUT2D eigenvalue weighted by Gasteiger charge is 2.26. The number of carbonyl (C=O) groups is 2. The lowest BCUT2D eigenvalue weighted by molar-refractivity contribution is -0.384. The van der Waals surface area contributed by atoms with Crippen molar-refractivity contribution in [2.75, 3.05) is 5.32 Å². The molecule has 0 saturated heterocycles. The fourth-order valence-electron chi connectivity index (χ4n) is 2.80. The first-order valence-electron chi connectivity index (χ1n) is 9.28. The lowest BCUT2D eigenvalue weighted by Gasteiger charge is -2.22. The molecule has 0 aliphatic carbocycles. The van der Waals surface area contributed by atoms with Crippen LogP contribution in [-0.4, -0.2) is 37.8 Å². The van der Waals surface area contributed by atoms with Gasteiger partial charge in [0, 0.05) is 17.8 Å². The molecule has 1 heterocycles. The number of nitrogens with zero attached hydrogens (tertiary/aromatic N) is 4. The number of nitro groups is 1. The SMILES string of the molecule is CC(C)C(NC(=O)c1ccc([N+](=O)[O-])cc1Cl)C(=O)Nc1ccc(-n2nccn2)cc1. The normalized spacial score (nSPS) is 11.7. The monoisotopic (exact) mass is 442 g/mol. The average molecular weight is 443 g/mol. The zero-order valence-corrected chi connectivity index (χ0v) is 17.4. The van der Waals surface area contributed by atoms with E-state index in [0.29, 0.717) is 5.69 Å². The standard InChI is InChI=1S/C20H19ClN6O4/c1-12(2)18(25-19(28)16-8-7-15(27(30)31)11-17(16)21)20(29)24-13-3-5-14(6-4-13)26-22-9-10-23-26/h3-12,18H,1-2H3,(H,24,29)(H,25,28). The van der Waals surface area contributed by atoms with Crippen molar-refractivity contribution in [3.05, 3.63) is 75.6 Å². The smallest absolute Gasteiger partial charge is 0.270 e. The Morgan fingerprint density at radius 1 is 1.10 bits per heavy atom. The van der Waals surface area contributed by atoms with Crippen LogP contribution < -0.4 is 10.6 Å². The Hall–Kier alpha value is -3.79. The summed E-state index contributed by atoms with van der Waals surface area (Å²) in [5, 5.41) is 24.2. The molecule has 10 nitrogen and oxygen atoms in total. The summed E-state index contributed by atoms with van der Waals surface area (Å²) >= 11 is 6.02. The van der Waals surface area contributed by atoms with Crippen molar-refractivity contribution >= 4 is 34.8 Å². The van der Waals surface area contributed by atoms with Crippen LogP contribution in [0.4, 0.5) is 11.4 Å². The molecule has 0 fully saturated rings. The molecule has 31 heavy (non-hydrogen) atoms. The van der Waals surface area contributed by atoms with Crippen molar-refractivity contribution < 1.29 is 14.5 Å². The lowest BCUT2D eigenvalue weighted by Crippen LogP contribution is -2.47. The summed E-state index contributed by atoms with van der Waals surface area (Å²) in [7, 11) is 0. The largest absolute Gasteiger partial charge is 0.340 e. The number of nitro benzene ring substituents is 1.